The Bertz CT molecular complexity index is 499. The number of ether oxygens (including phenoxy) is 1. The first kappa shape index (κ1) is 14.9. The standard InChI is InChI=1S/C8H9ClN2O4.CH4O2/c9-4-3-11(8(14)10-7(4)13)5-1-2-6(12)15-5;2-1-3/h3,5-6,12H,1-2H2,(H,10,13,14);2-3H,1H2/t5?,6-;/m0./s1. The van der Waals surface area contributed by atoms with Crippen molar-refractivity contribution in [1.29, 1.82) is 0 Å². The largest absolute Gasteiger partial charge is 0.371 e. The summed E-state index contributed by atoms with van der Waals surface area (Å²) in [5.41, 5.74) is -1.22. The predicted octanol–water partition coefficient (Wildman–Crippen LogP) is -1.25. The van der Waals surface area contributed by atoms with Crippen LogP contribution in [0.25, 0.3) is 0 Å². The lowest BCUT2D eigenvalue weighted by atomic mass is 10.3. The van der Waals surface area contributed by atoms with E-state index in [0.717, 1.165) is 0 Å². The number of aliphatic hydroxyl groups is 3. The zero-order valence-electron chi connectivity index (χ0n) is 9.24. The summed E-state index contributed by atoms with van der Waals surface area (Å²) in [7, 11) is 0. The number of hydrogen-bond acceptors (Lipinski definition) is 6. The maximum atomic E-state index is 11.4. The van der Waals surface area contributed by atoms with E-state index in [-0.39, 0.29) is 5.02 Å². The van der Waals surface area contributed by atoms with Crippen LogP contribution in [0.4, 0.5) is 0 Å². The van der Waals surface area contributed by atoms with Gasteiger partial charge < -0.3 is 20.1 Å². The summed E-state index contributed by atoms with van der Waals surface area (Å²) in [6, 6.07) is 0. The van der Waals surface area contributed by atoms with Crippen molar-refractivity contribution >= 4 is 11.6 Å². The van der Waals surface area contributed by atoms with E-state index in [1.54, 1.807) is 0 Å². The molecule has 1 aliphatic heterocycles. The maximum absolute atomic E-state index is 11.4. The van der Waals surface area contributed by atoms with Crippen LogP contribution in [0.5, 0.6) is 0 Å². The molecule has 1 saturated heterocycles. The van der Waals surface area contributed by atoms with E-state index >= 15 is 0 Å². The van der Waals surface area contributed by atoms with Crippen LogP contribution in [0, 0.1) is 0 Å². The number of aliphatic hydroxyl groups excluding tert-OH is 2. The van der Waals surface area contributed by atoms with E-state index in [4.69, 9.17) is 31.7 Å². The Kier molecular flexibility index (Phi) is 5.51. The monoisotopic (exact) mass is 280 g/mol. The molecule has 2 rings (SSSR count). The van der Waals surface area contributed by atoms with E-state index in [1.165, 1.54) is 10.8 Å². The third-order valence-corrected chi connectivity index (χ3v) is 2.48. The molecule has 0 radical (unpaired) electrons. The smallest absolute Gasteiger partial charge is 0.330 e. The molecule has 102 valence electrons. The van der Waals surface area contributed by atoms with E-state index in [1.807, 2.05) is 0 Å². The molecule has 0 amide bonds. The minimum Gasteiger partial charge on any atom is -0.371 e. The van der Waals surface area contributed by atoms with Gasteiger partial charge in [0.05, 0.1) is 0 Å². The third-order valence-electron chi connectivity index (χ3n) is 2.21. The molecule has 4 N–H and O–H groups in total. The highest BCUT2D eigenvalue weighted by Gasteiger charge is 2.25. The lowest BCUT2D eigenvalue weighted by molar-refractivity contribution is -0.113. The molecule has 1 fully saturated rings. The highest BCUT2D eigenvalue weighted by atomic mass is 35.5. The molecule has 1 aliphatic rings. The van der Waals surface area contributed by atoms with E-state index in [9.17, 15) is 9.59 Å². The SMILES string of the molecule is O=c1[nH]c(=O)n(C2CC[C@@H](O)O2)cc1Cl.OCO. The molecule has 0 bridgehead atoms. The molecule has 0 aliphatic carbocycles. The molecule has 1 unspecified atom stereocenters. The number of aromatic nitrogens is 2. The van der Waals surface area contributed by atoms with Gasteiger partial charge in [-0.15, -0.1) is 0 Å². The number of aromatic amines is 1. The molecular formula is C9H13ClN2O6. The summed E-state index contributed by atoms with van der Waals surface area (Å²) < 4.78 is 6.23. The van der Waals surface area contributed by atoms with Crippen LogP contribution in [-0.2, 0) is 4.74 Å². The molecule has 18 heavy (non-hydrogen) atoms. The second-order valence-electron chi connectivity index (χ2n) is 3.41. The number of rotatable bonds is 1. The van der Waals surface area contributed by atoms with Crippen LogP contribution in [-0.4, -0.2) is 38.0 Å². The summed E-state index contributed by atoms with van der Waals surface area (Å²) in [5.74, 6) is 0. The minimum absolute atomic E-state index is 0.0837. The first-order valence-electron chi connectivity index (χ1n) is 5.05. The van der Waals surface area contributed by atoms with Crippen LogP contribution < -0.4 is 11.2 Å². The van der Waals surface area contributed by atoms with Gasteiger partial charge >= 0.3 is 5.69 Å². The quantitative estimate of drug-likeness (QED) is 0.476. The van der Waals surface area contributed by atoms with Crippen LogP contribution in [0.3, 0.4) is 0 Å². The Hall–Kier alpha value is -1.19. The lowest BCUT2D eigenvalue weighted by Gasteiger charge is -2.13. The van der Waals surface area contributed by atoms with E-state index in [0.29, 0.717) is 12.8 Å². The highest BCUT2D eigenvalue weighted by Crippen LogP contribution is 2.25. The predicted molar refractivity (Wildman–Crippen MR) is 61.0 cm³/mol. The van der Waals surface area contributed by atoms with Gasteiger partial charge in [0.15, 0.2) is 6.29 Å². The van der Waals surface area contributed by atoms with E-state index < -0.39 is 30.6 Å². The summed E-state index contributed by atoms with van der Waals surface area (Å²) >= 11 is 5.58. The normalized spacial score (nSPS) is 22.4. The second-order valence-corrected chi connectivity index (χ2v) is 3.81. The van der Waals surface area contributed by atoms with Gasteiger partial charge in [0.1, 0.15) is 18.0 Å². The Morgan fingerprint density at radius 1 is 1.44 bits per heavy atom. The Balaban J connectivity index is 0.000000492. The third kappa shape index (κ3) is 3.65. The van der Waals surface area contributed by atoms with Gasteiger partial charge in [-0.2, -0.15) is 0 Å². The fourth-order valence-corrected chi connectivity index (χ4v) is 1.63. The Morgan fingerprint density at radius 2 is 2.06 bits per heavy atom. The Morgan fingerprint density at radius 3 is 2.56 bits per heavy atom. The van der Waals surface area contributed by atoms with Crippen molar-refractivity contribution in [2.75, 3.05) is 6.79 Å². The zero-order valence-corrected chi connectivity index (χ0v) is 10.0. The van der Waals surface area contributed by atoms with Crippen LogP contribution in [0.1, 0.15) is 19.1 Å². The van der Waals surface area contributed by atoms with Crippen LogP contribution in [0.2, 0.25) is 5.02 Å². The van der Waals surface area contributed by atoms with Crippen LogP contribution in [0.15, 0.2) is 15.8 Å². The fourth-order valence-electron chi connectivity index (χ4n) is 1.48. The first-order valence-corrected chi connectivity index (χ1v) is 5.43. The van der Waals surface area contributed by atoms with Crippen LogP contribution >= 0.6 is 11.6 Å². The highest BCUT2D eigenvalue weighted by molar-refractivity contribution is 6.30. The number of H-pyrrole nitrogens is 1. The zero-order chi connectivity index (χ0) is 13.7. The van der Waals surface area contributed by atoms with Gasteiger partial charge in [-0.1, -0.05) is 11.6 Å². The van der Waals surface area contributed by atoms with Crippen molar-refractivity contribution in [3.8, 4) is 0 Å². The van der Waals surface area contributed by atoms with Gasteiger partial charge in [0, 0.05) is 12.6 Å². The molecule has 8 nitrogen and oxygen atoms in total. The van der Waals surface area contributed by atoms with Crippen molar-refractivity contribution in [2.45, 2.75) is 25.4 Å². The van der Waals surface area contributed by atoms with Gasteiger partial charge in [0.25, 0.3) is 5.56 Å². The van der Waals surface area contributed by atoms with Crippen molar-refractivity contribution < 1.29 is 20.1 Å². The second kappa shape index (κ2) is 6.66. The molecule has 2 atom stereocenters. The molecule has 2 heterocycles. The number of nitrogens with one attached hydrogen (secondary N) is 1. The average molecular weight is 281 g/mol. The average Bonchev–Trinajstić information content (AvgIpc) is 2.71. The van der Waals surface area contributed by atoms with Gasteiger partial charge in [-0.25, -0.2) is 4.79 Å². The van der Waals surface area contributed by atoms with Gasteiger partial charge in [-0.05, 0) is 6.42 Å². The number of hydrogen-bond donors (Lipinski definition) is 4. The summed E-state index contributed by atoms with van der Waals surface area (Å²) in [4.78, 5) is 24.4. The first-order chi connectivity index (χ1) is 8.49. The number of halogens is 1. The molecule has 0 aromatic carbocycles. The van der Waals surface area contributed by atoms with Crippen molar-refractivity contribution in [3.05, 3.63) is 32.1 Å². The van der Waals surface area contributed by atoms with Crippen molar-refractivity contribution in [1.82, 2.24) is 9.55 Å². The summed E-state index contributed by atoms with van der Waals surface area (Å²) in [6.07, 6.45) is 0.734. The molecule has 9 heteroatoms. The minimum atomic E-state index is -0.868. The summed E-state index contributed by atoms with van der Waals surface area (Å²) in [5, 5.41) is 23.3. The van der Waals surface area contributed by atoms with Crippen molar-refractivity contribution in [2.24, 2.45) is 0 Å². The topological polar surface area (TPSA) is 125 Å². The molecule has 1 aromatic heterocycles. The fraction of sp³-hybridized carbons (Fsp3) is 0.556. The maximum Gasteiger partial charge on any atom is 0.330 e. The summed E-state index contributed by atoms with van der Waals surface area (Å²) in [6.45, 7) is -0.750. The van der Waals surface area contributed by atoms with Gasteiger partial charge in [-0.3, -0.25) is 14.3 Å². The van der Waals surface area contributed by atoms with E-state index in [2.05, 4.69) is 4.98 Å². The molecular weight excluding hydrogens is 268 g/mol. The molecule has 0 spiro atoms. The lowest BCUT2D eigenvalue weighted by Crippen LogP contribution is -2.32. The Labute approximate surface area is 106 Å². The van der Waals surface area contributed by atoms with Crippen molar-refractivity contribution in [3.63, 3.8) is 0 Å². The number of nitrogens with zero attached hydrogens (tertiary/aromatic N) is 1. The molecule has 0 saturated carbocycles. The molecule has 1 aromatic rings. The van der Waals surface area contributed by atoms with Gasteiger partial charge in [0.2, 0.25) is 0 Å².